The number of nitrogens with zero attached hydrogens (tertiary/aromatic N) is 2. The lowest BCUT2D eigenvalue weighted by molar-refractivity contribution is 0.0518. The maximum Gasteiger partial charge on any atom is 0.407 e. The maximum atomic E-state index is 13.7. The summed E-state index contributed by atoms with van der Waals surface area (Å²) in [4.78, 5) is 28.0. The highest BCUT2D eigenvalue weighted by atomic mass is 16.5. The van der Waals surface area contributed by atoms with E-state index < -0.39 is 11.6 Å². The van der Waals surface area contributed by atoms with Crippen molar-refractivity contribution in [3.63, 3.8) is 0 Å². The average Bonchev–Trinajstić information content (AvgIpc) is 2.86. The fraction of sp³-hybridized carbons (Fsp3) is 0.400. The lowest BCUT2D eigenvalue weighted by atomic mass is 9.79. The van der Waals surface area contributed by atoms with E-state index in [4.69, 9.17) is 9.84 Å². The zero-order chi connectivity index (χ0) is 26.6. The normalized spacial score (nSPS) is 14.7. The van der Waals surface area contributed by atoms with Crippen LogP contribution in [-0.4, -0.2) is 67.2 Å². The lowest BCUT2D eigenvalue weighted by Gasteiger charge is -2.50. The Morgan fingerprint density at radius 1 is 1.14 bits per heavy atom. The number of unbranched alkanes of at least 4 members (excludes halogenated alkanes) is 1. The summed E-state index contributed by atoms with van der Waals surface area (Å²) in [5, 5.41) is 14.8. The molecule has 2 N–H and O–H groups in total. The third kappa shape index (κ3) is 5.88. The van der Waals surface area contributed by atoms with Crippen molar-refractivity contribution in [3.8, 4) is 5.75 Å². The van der Waals surface area contributed by atoms with Crippen LogP contribution in [0.5, 0.6) is 5.75 Å². The van der Waals surface area contributed by atoms with Gasteiger partial charge in [0, 0.05) is 25.7 Å². The van der Waals surface area contributed by atoms with Gasteiger partial charge >= 0.3 is 6.09 Å². The van der Waals surface area contributed by atoms with Crippen molar-refractivity contribution in [1.82, 2.24) is 15.1 Å². The largest absolute Gasteiger partial charge is 0.492 e. The number of benzene rings is 3. The molecule has 1 aliphatic heterocycles. The summed E-state index contributed by atoms with van der Waals surface area (Å²) in [5.41, 5.74) is 3.40. The Bertz CT molecular complexity index is 1280. The highest BCUT2D eigenvalue weighted by molar-refractivity contribution is 5.97. The van der Waals surface area contributed by atoms with Gasteiger partial charge in [-0.25, -0.2) is 4.79 Å². The number of fused-ring (bicyclic) bond motifs is 1. The number of likely N-dealkylation sites (tertiary alicyclic amines) is 1. The van der Waals surface area contributed by atoms with Gasteiger partial charge in [-0.05, 0) is 66.4 Å². The lowest BCUT2D eigenvalue weighted by Crippen LogP contribution is -2.66. The Labute approximate surface area is 219 Å². The van der Waals surface area contributed by atoms with E-state index in [1.807, 2.05) is 19.1 Å². The van der Waals surface area contributed by atoms with E-state index in [1.54, 1.807) is 6.07 Å². The van der Waals surface area contributed by atoms with Gasteiger partial charge in [-0.15, -0.1) is 0 Å². The number of rotatable bonds is 10. The summed E-state index contributed by atoms with van der Waals surface area (Å²) in [6, 6.07) is 18.5. The quantitative estimate of drug-likeness (QED) is 0.405. The summed E-state index contributed by atoms with van der Waals surface area (Å²) in [5.74, 6) is 0.401. The Morgan fingerprint density at radius 3 is 2.62 bits per heavy atom. The Kier molecular flexibility index (Phi) is 8.03. The van der Waals surface area contributed by atoms with Crippen LogP contribution in [0.2, 0.25) is 0 Å². The van der Waals surface area contributed by atoms with E-state index in [0.717, 1.165) is 48.4 Å². The molecule has 3 aromatic carbocycles. The second kappa shape index (κ2) is 11.2. The topological polar surface area (TPSA) is 82.1 Å². The van der Waals surface area contributed by atoms with Gasteiger partial charge in [-0.2, -0.15) is 0 Å². The molecule has 1 aliphatic rings. The number of hydrogen-bond donors (Lipinski definition) is 2. The van der Waals surface area contributed by atoms with Gasteiger partial charge < -0.3 is 25.0 Å². The zero-order valence-corrected chi connectivity index (χ0v) is 22.2. The predicted molar refractivity (Wildman–Crippen MR) is 147 cm³/mol. The third-order valence-corrected chi connectivity index (χ3v) is 7.19. The fourth-order valence-corrected chi connectivity index (χ4v) is 5.08. The molecule has 0 unspecified atom stereocenters. The smallest absolute Gasteiger partial charge is 0.407 e. The maximum absolute atomic E-state index is 13.7. The summed E-state index contributed by atoms with van der Waals surface area (Å²) < 4.78 is 5.75. The van der Waals surface area contributed by atoms with E-state index in [0.29, 0.717) is 11.3 Å². The fourth-order valence-electron chi connectivity index (χ4n) is 5.08. The first-order chi connectivity index (χ1) is 17.7. The molecule has 37 heavy (non-hydrogen) atoms. The molecule has 1 fully saturated rings. The van der Waals surface area contributed by atoms with Crippen LogP contribution in [0.1, 0.15) is 46.8 Å². The van der Waals surface area contributed by atoms with Gasteiger partial charge in [0.2, 0.25) is 0 Å². The van der Waals surface area contributed by atoms with Gasteiger partial charge in [0.15, 0.2) is 0 Å². The highest BCUT2D eigenvalue weighted by Crippen LogP contribution is 2.37. The number of hydrogen-bond acceptors (Lipinski definition) is 4. The number of carbonyl (C=O) groups excluding carboxylic acids is 1. The molecule has 3 aromatic rings. The number of ether oxygens (including phenoxy) is 1. The SMILES string of the molecule is CCCCc1ccc2cccc(C3(NC(=O)c4cc(OCCN(C)C(=O)O)ccc4C)CN(C)C3)c2c1. The predicted octanol–water partition coefficient (Wildman–Crippen LogP) is 5.05. The van der Waals surface area contributed by atoms with Crippen molar-refractivity contribution < 1.29 is 19.4 Å². The summed E-state index contributed by atoms with van der Waals surface area (Å²) in [6.07, 6.45) is 2.36. The van der Waals surface area contributed by atoms with Crippen molar-refractivity contribution in [2.24, 2.45) is 0 Å². The molecule has 7 heteroatoms. The van der Waals surface area contributed by atoms with Crippen molar-refractivity contribution in [2.45, 2.75) is 38.6 Å². The molecule has 0 saturated carbocycles. The standard InChI is InChI=1S/C30H37N3O4/c1-5-6-8-22-12-13-23-9-7-10-27(26(23)17-22)30(19-32(3)20-30)31-28(34)25-18-24(14-11-21(25)2)37-16-15-33(4)29(35)36/h7,9-14,17-18H,5-6,8,15-16,19-20H2,1-4H3,(H,31,34)(H,35,36). The molecule has 2 amide bonds. The summed E-state index contributed by atoms with van der Waals surface area (Å²) in [7, 11) is 3.56. The number of carboxylic acid groups (broad SMARTS) is 1. The molecule has 0 radical (unpaired) electrons. The van der Waals surface area contributed by atoms with Crippen LogP contribution >= 0.6 is 0 Å². The number of carbonyl (C=O) groups is 2. The third-order valence-electron chi connectivity index (χ3n) is 7.19. The minimum absolute atomic E-state index is 0.141. The summed E-state index contributed by atoms with van der Waals surface area (Å²) in [6.45, 7) is 6.02. The van der Waals surface area contributed by atoms with Crippen molar-refractivity contribution in [2.75, 3.05) is 40.3 Å². The molecule has 0 atom stereocenters. The summed E-state index contributed by atoms with van der Waals surface area (Å²) >= 11 is 0. The molecular formula is C30H37N3O4. The Morgan fingerprint density at radius 2 is 1.92 bits per heavy atom. The second-order valence-corrected chi connectivity index (χ2v) is 10.2. The van der Waals surface area contributed by atoms with Crippen LogP contribution in [0.25, 0.3) is 10.8 Å². The molecule has 0 aromatic heterocycles. The van der Waals surface area contributed by atoms with Crippen LogP contribution < -0.4 is 10.1 Å². The minimum atomic E-state index is -1.01. The molecule has 1 saturated heterocycles. The van der Waals surface area contributed by atoms with Gasteiger partial charge in [0.25, 0.3) is 5.91 Å². The van der Waals surface area contributed by atoms with Crippen molar-refractivity contribution in [3.05, 3.63) is 76.9 Å². The van der Waals surface area contributed by atoms with Crippen molar-refractivity contribution in [1.29, 1.82) is 0 Å². The molecule has 0 bridgehead atoms. The van der Waals surface area contributed by atoms with E-state index in [9.17, 15) is 9.59 Å². The molecule has 1 heterocycles. The van der Waals surface area contributed by atoms with E-state index in [2.05, 4.69) is 60.6 Å². The first-order valence-electron chi connectivity index (χ1n) is 12.9. The van der Waals surface area contributed by atoms with Crippen LogP contribution in [0.4, 0.5) is 4.79 Å². The zero-order valence-electron chi connectivity index (χ0n) is 22.2. The van der Waals surface area contributed by atoms with Gasteiger partial charge in [-0.1, -0.05) is 55.8 Å². The Balaban J connectivity index is 1.59. The number of nitrogens with one attached hydrogen (secondary N) is 1. The van der Waals surface area contributed by atoms with Crippen LogP contribution in [0.3, 0.4) is 0 Å². The van der Waals surface area contributed by atoms with Crippen molar-refractivity contribution >= 4 is 22.8 Å². The molecule has 0 aliphatic carbocycles. The van der Waals surface area contributed by atoms with E-state index in [1.165, 1.54) is 23.4 Å². The number of aryl methyl sites for hydroxylation is 2. The highest BCUT2D eigenvalue weighted by Gasteiger charge is 2.45. The number of amides is 2. The first-order valence-corrected chi connectivity index (χ1v) is 12.9. The number of likely N-dealkylation sites (N-methyl/N-ethyl adjacent to an activating group) is 2. The molecule has 4 rings (SSSR count). The van der Waals surface area contributed by atoms with Gasteiger partial charge in [0.05, 0.1) is 12.1 Å². The Hall–Kier alpha value is -3.58. The monoisotopic (exact) mass is 503 g/mol. The molecular weight excluding hydrogens is 466 g/mol. The first kappa shape index (κ1) is 26.5. The van der Waals surface area contributed by atoms with E-state index in [-0.39, 0.29) is 19.1 Å². The average molecular weight is 504 g/mol. The molecule has 7 nitrogen and oxygen atoms in total. The van der Waals surface area contributed by atoms with Gasteiger partial charge in [0.1, 0.15) is 12.4 Å². The van der Waals surface area contributed by atoms with Crippen LogP contribution in [0.15, 0.2) is 54.6 Å². The second-order valence-electron chi connectivity index (χ2n) is 10.2. The van der Waals surface area contributed by atoms with Crippen LogP contribution in [0, 0.1) is 6.92 Å². The molecule has 196 valence electrons. The minimum Gasteiger partial charge on any atom is -0.492 e. The van der Waals surface area contributed by atoms with Gasteiger partial charge in [-0.3, -0.25) is 4.79 Å². The molecule has 0 spiro atoms. The van der Waals surface area contributed by atoms with Crippen LogP contribution in [-0.2, 0) is 12.0 Å². The van der Waals surface area contributed by atoms with E-state index >= 15 is 0 Å².